The van der Waals surface area contributed by atoms with Gasteiger partial charge in [-0.25, -0.2) is 4.79 Å². The van der Waals surface area contributed by atoms with Gasteiger partial charge in [0, 0.05) is 31.8 Å². The summed E-state index contributed by atoms with van der Waals surface area (Å²) < 4.78 is 0. The number of amides is 1. The Hall–Kier alpha value is -2.41. The van der Waals surface area contributed by atoms with Gasteiger partial charge < -0.3 is 24.8 Å². The van der Waals surface area contributed by atoms with Crippen molar-refractivity contribution in [1.29, 1.82) is 0 Å². The van der Waals surface area contributed by atoms with Crippen LogP contribution in [0.2, 0.25) is 0 Å². The molecule has 0 bridgehead atoms. The number of nitrogens with zero attached hydrogens (tertiary/aromatic N) is 1. The van der Waals surface area contributed by atoms with E-state index in [-0.39, 0.29) is 0 Å². The molecule has 1 aromatic rings. The first-order valence-corrected chi connectivity index (χ1v) is 7.87. The zero-order chi connectivity index (χ0) is 18.1. The van der Waals surface area contributed by atoms with E-state index in [9.17, 15) is 4.79 Å². The van der Waals surface area contributed by atoms with Crippen LogP contribution in [0.15, 0.2) is 30.3 Å². The number of carbonyl (C=O) groups is 3. The maximum atomic E-state index is 12.0. The lowest BCUT2D eigenvalue weighted by Gasteiger charge is -2.17. The fraction of sp³-hybridized carbons (Fsp3) is 0.471. The Balaban J connectivity index is 0.000000413. The van der Waals surface area contributed by atoms with Crippen molar-refractivity contribution < 1.29 is 29.5 Å². The second kappa shape index (κ2) is 9.67. The summed E-state index contributed by atoms with van der Waals surface area (Å²) in [6.07, 6.45) is 1.77. The van der Waals surface area contributed by atoms with E-state index in [2.05, 4.69) is 38.4 Å². The van der Waals surface area contributed by atoms with Crippen LogP contribution in [-0.2, 0) is 14.4 Å². The minimum atomic E-state index is -2.07. The maximum Gasteiger partial charge on any atom is 0.351 e. The van der Waals surface area contributed by atoms with E-state index in [4.69, 9.17) is 19.8 Å². The van der Waals surface area contributed by atoms with Crippen LogP contribution in [0.1, 0.15) is 24.3 Å². The highest BCUT2D eigenvalue weighted by Gasteiger charge is 2.29. The Morgan fingerprint density at radius 2 is 1.88 bits per heavy atom. The summed E-state index contributed by atoms with van der Waals surface area (Å²) in [5, 5.41) is 16.3. The SMILES string of the molecule is C[NH+](C)CCCN1CC(c2ccccc2)CC1=O.O=C([O-])C(=O)O. The van der Waals surface area contributed by atoms with Crippen LogP contribution in [0.5, 0.6) is 0 Å². The van der Waals surface area contributed by atoms with E-state index in [1.165, 1.54) is 10.5 Å². The zero-order valence-electron chi connectivity index (χ0n) is 14.0. The van der Waals surface area contributed by atoms with Crippen molar-refractivity contribution in [3.05, 3.63) is 35.9 Å². The highest BCUT2D eigenvalue weighted by Crippen LogP contribution is 2.27. The van der Waals surface area contributed by atoms with E-state index >= 15 is 0 Å². The summed E-state index contributed by atoms with van der Waals surface area (Å²) in [7, 11) is 4.30. The molecule has 0 spiro atoms. The fourth-order valence-corrected chi connectivity index (χ4v) is 2.56. The lowest BCUT2D eigenvalue weighted by Crippen LogP contribution is -3.05. The van der Waals surface area contributed by atoms with Gasteiger partial charge in [-0.1, -0.05) is 30.3 Å². The average Bonchev–Trinajstić information content (AvgIpc) is 2.89. The molecule has 7 heteroatoms. The van der Waals surface area contributed by atoms with Crippen LogP contribution in [0, 0.1) is 0 Å². The van der Waals surface area contributed by atoms with E-state index in [1.807, 2.05) is 11.0 Å². The van der Waals surface area contributed by atoms with Crippen molar-refractivity contribution >= 4 is 17.8 Å². The number of likely N-dealkylation sites (tertiary alicyclic amines) is 1. The van der Waals surface area contributed by atoms with Gasteiger partial charge in [0.25, 0.3) is 0 Å². The normalized spacial score (nSPS) is 16.7. The van der Waals surface area contributed by atoms with Crippen LogP contribution < -0.4 is 10.0 Å². The van der Waals surface area contributed by atoms with Crippen molar-refractivity contribution in [3.63, 3.8) is 0 Å². The molecular formula is C17H24N2O5. The molecule has 1 heterocycles. The van der Waals surface area contributed by atoms with Gasteiger partial charge in [0.05, 0.1) is 20.6 Å². The van der Waals surface area contributed by atoms with Crippen molar-refractivity contribution in [2.75, 3.05) is 33.7 Å². The first-order chi connectivity index (χ1) is 11.3. The zero-order valence-corrected chi connectivity index (χ0v) is 14.0. The van der Waals surface area contributed by atoms with Crippen molar-refractivity contribution in [2.45, 2.75) is 18.8 Å². The molecule has 0 radical (unpaired) electrons. The predicted octanol–water partition coefficient (Wildman–Crippen LogP) is -1.64. The third-order valence-electron chi connectivity index (χ3n) is 3.76. The summed E-state index contributed by atoms with van der Waals surface area (Å²) in [5.74, 6) is -3.30. The van der Waals surface area contributed by atoms with Crippen LogP contribution in [-0.4, -0.2) is 61.6 Å². The number of nitrogens with one attached hydrogen (secondary N) is 1. The molecule has 7 nitrogen and oxygen atoms in total. The molecule has 2 rings (SSSR count). The number of quaternary nitrogens is 1. The molecule has 1 atom stereocenters. The molecule has 1 amide bonds. The van der Waals surface area contributed by atoms with Crippen LogP contribution in [0.25, 0.3) is 0 Å². The van der Waals surface area contributed by atoms with Crippen LogP contribution in [0.4, 0.5) is 0 Å². The number of hydrogen-bond donors (Lipinski definition) is 2. The number of rotatable bonds is 5. The standard InChI is InChI=1S/C15H22N2O.C2H2O4/c1-16(2)9-6-10-17-12-14(11-15(17)18)13-7-4-3-5-8-13;3-1(4)2(5)6/h3-5,7-8,14H,6,9-12H2,1-2H3;(H,3,4)(H,5,6). The van der Waals surface area contributed by atoms with Gasteiger partial charge in [0.15, 0.2) is 5.97 Å². The highest BCUT2D eigenvalue weighted by atomic mass is 16.4. The largest absolute Gasteiger partial charge is 0.539 e. The lowest BCUT2D eigenvalue weighted by molar-refractivity contribution is -0.858. The molecule has 1 saturated heterocycles. The molecular weight excluding hydrogens is 312 g/mol. The Morgan fingerprint density at radius 3 is 2.38 bits per heavy atom. The minimum Gasteiger partial charge on any atom is -0.539 e. The third kappa shape index (κ3) is 6.78. The number of benzene rings is 1. The van der Waals surface area contributed by atoms with E-state index < -0.39 is 11.9 Å². The lowest BCUT2D eigenvalue weighted by atomic mass is 9.99. The van der Waals surface area contributed by atoms with Crippen molar-refractivity contribution in [3.8, 4) is 0 Å². The Bertz CT molecular complexity index is 547. The Kier molecular flexibility index (Phi) is 7.91. The number of carboxylic acids is 2. The number of carboxylic acid groups (broad SMARTS) is 2. The summed E-state index contributed by atoms with van der Waals surface area (Å²) in [6.45, 7) is 2.93. The monoisotopic (exact) mass is 336 g/mol. The molecule has 2 N–H and O–H groups in total. The first kappa shape index (κ1) is 19.6. The predicted molar refractivity (Wildman–Crippen MR) is 85.3 cm³/mol. The molecule has 1 fully saturated rings. The molecule has 1 aliphatic rings. The van der Waals surface area contributed by atoms with Gasteiger partial charge >= 0.3 is 5.97 Å². The van der Waals surface area contributed by atoms with Gasteiger partial charge in [-0.2, -0.15) is 0 Å². The van der Waals surface area contributed by atoms with Gasteiger partial charge in [0.2, 0.25) is 5.91 Å². The van der Waals surface area contributed by atoms with E-state index in [1.54, 1.807) is 0 Å². The summed E-state index contributed by atoms with van der Waals surface area (Å²) in [5.41, 5.74) is 1.30. The van der Waals surface area contributed by atoms with Crippen molar-refractivity contribution in [1.82, 2.24) is 4.90 Å². The second-order valence-corrected chi connectivity index (χ2v) is 6.05. The van der Waals surface area contributed by atoms with Crippen LogP contribution in [0.3, 0.4) is 0 Å². The third-order valence-corrected chi connectivity index (χ3v) is 3.76. The Morgan fingerprint density at radius 1 is 1.29 bits per heavy atom. The number of carbonyl (C=O) groups excluding carboxylic acids is 2. The summed E-state index contributed by atoms with van der Waals surface area (Å²) in [4.78, 5) is 33.5. The highest BCUT2D eigenvalue weighted by molar-refractivity contribution is 6.26. The summed E-state index contributed by atoms with van der Waals surface area (Å²) >= 11 is 0. The quantitative estimate of drug-likeness (QED) is 0.628. The maximum absolute atomic E-state index is 12.0. The molecule has 1 unspecified atom stereocenters. The molecule has 1 aromatic carbocycles. The van der Waals surface area contributed by atoms with Gasteiger partial charge in [-0.05, 0) is 5.56 Å². The summed E-state index contributed by atoms with van der Waals surface area (Å²) in [6, 6.07) is 10.4. The molecule has 0 saturated carbocycles. The average molecular weight is 336 g/mol. The molecule has 1 aliphatic heterocycles. The second-order valence-electron chi connectivity index (χ2n) is 6.05. The number of aliphatic carboxylic acids is 2. The first-order valence-electron chi connectivity index (χ1n) is 7.87. The Labute approximate surface area is 141 Å². The van der Waals surface area contributed by atoms with E-state index in [0.717, 1.165) is 26.1 Å². The van der Waals surface area contributed by atoms with Gasteiger partial charge in [-0.15, -0.1) is 0 Å². The van der Waals surface area contributed by atoms with Gasteiger partial charge in [0.1, 0.15) is 0 Å². The van der Waals surface area contributed by atoms with Crippen LogP contribution >= 0.6 is 0 Å². The molecule has 0 aromatic heterocycles. The van der Waals surface area contributed by atoms with Crippen molar-refractivity contribution in [2.24, 2.45) is 0 Å². The molecule has 24 heavy (non-hydrogen) atoms. The molecule has 0 aliphatic carbocycles. The van der Waals surface area contributed by atoms with Gasteiger partial charge in [-0.3, -0.25) is 4.79 Å². The fourth-order valence-electron chi connectivity index (χ4n) is 2.56. The minimum absolute atomic E-state index is 0.317. The topological polar surface area (TPSA) is 102 Å². The smallest absolute Gasteiger partial charge is 0.351 e. The number of hydrogen-bond acceptors (Lipinski definition) is 4. The molecule has 132 valence electrons. The van der Waals surface area contributed by atoms with E-state index in [0.29, 0.717) is 18.2 Å².